The van der Waals surface area contributed by atoms with E-state index in [1.165, 1.54) is 92.7 Å². The van der Waals surface area contributed by atoms with Gasteiger partial charge in [0.2, 0.25) is 0 Å². The van der Waals surface area contributed by atoms with Gasteiger partial charge in [0.15, 0.2) is 0 Å². The topological polar surface area (TPSA) is 3.24 Å². The highest BCUT2D eigenvalue weighted by Crippen LogP contribution is 2.72. The first kappa shape index (κ1) is 31.7. The minimum Gasteiger partial charge on any atom is -0.310 e. The Bertz CT molecular complexity index is 2660. The molecule has 0 aromatic heterocycles. The molecule has 7 aliphatic carbocycles. The van der Waals surface area contributed by atoms with Gasteiger partial charge in [-0.3, -0.25) is 0 Å². The van der Waals surface area contributed by atoms with Crippen LogP contribution in [-0.4, -0.2) is 0 Å². The molecule has 266 valence electrons. The van der Waals surface area contributed by atoms with E-state index in [0.29, 0.717) is 0 Å². The van der Waals surface area contributed by atoms with Crippen LogP contribution in [0.5, 0.6) is 0 Å². The second-order valence-electron chi connectivity index (χ2n) is 17.6. The molecule has 0 heterocycles. The van der Waals surface area contributed by atoms with E-state index in [2.05, 4.69) is 183 Å². The largest absolute Gasteiger partial charge is 0.310 e. The summed E-state index contributed by atoms with van der Waals surface area (Å²) in [7, 11) is 0. The minimum absolute atomic E-state index is 0.0907. The van der Waals surface area contributed by atoms with E-state index in [-0.39, 0.29) is 10.8 Å². The molecule has 0 amide bonds. The number of rotatable bonds is 5. The molecule has 55 heavy (non-hydrogen) atoms. The first-order valence-electron chi connectivity index (χ1n) is 20.5. The van der Waals surface area contributed by atoms with E-state index in [0.717, 1.165) is 29.4 Å². The summed E-state index contributed by atoms with van der Waals surface area (Å²) in [4.78, 5) is 2.50. The van der Waals surface area contributed by atoms with Crippen molar-refractivity contribution in [2.24, 2.45) is 23.7 Å². The third-order valence-electron chi connectivity index (χ3n) is 15.0. The van der Waals surface area contributed by atoms with Gasteiger partial charge in [0, 0.05) is 27.8 Å². The molecule has 7 aromatic rings. The number of fused-ring (bicyclic) bond motifs is 6. The fraction of sp³-hybridized carbons (Fsp3) is 0.222. The van der Waals surface area contributed by atoms with Crippen molar-refractivity contribution in [3.8, 4) is 44.5 Å². The first-order valence-corrected chi connectivity index (χ1v) is 20.5. The predicted molar refractivity (Wildman–Crippen MR) is 228 cm³/mol. The summed E-state index contributed by atoms with van der Waals surface area (Å²) >= 11 is 0. The van der Waals surface area contributed by atoms with Crippen LogP contribution in [-0.2, 0) is 10.8 Å². The molecule has 1 nitrogen and oxygen atoms in total. The smallest absolute Gasteiger partial charge is 0.0540 e. The number of hydrogen-bond acceptors (Lipinski definition) is 1. The maximum Gasteiger partial charge on any atom is 0.0540 e. The highest BCUT2D eigenvalue weighted by atomic mass is 15.1. The van der Waals surface area contributed by atoms with Crippen molar-refractivity contribution < 1.29 is 0 Å². The Morgan fingerprint density at radius 1 is 0.455 bits per heavy atom. The average Bonchev–Trinajstić information content (AvgIpc) is 3.39. The van der Waals surface area contributed by atoms with E-state index < -0.39 is 0 Å². The summed E-state index contributed by atoms with van der Waals surface area (Å²) in [6.07, 6.45) is 5.58. The summed E-state index contributed by atoms with van der Waals surface area (Å²) < 4.78 is 0. The number of para-hydroxylation sites is 1. The lowest BCUT2D eigenvalue weighted by Crippen LogP contribution is -2.54. The van der Waals surface area contributed by atoms with Crippen molar-refractivity contribution in [3.63, 3.8) is 0 Å². The molecule has 5 atom stereocenters. The van der Waals surface area contributed by atoms with Gasteiger partial charge in [0.05, 0.1) is 5.69 Å². The Balaban J connectivity index is 1.02. The molecule has 4 bridgehead atoms. The third kappa shape index (κ3) is 4.30. The van der Waals surface area contributed by atoms with Crippen molar-refractivity contribution in [2.45, 2.75) is 50.4 Å². The molecular formula is C54H45N. The summed E-state index contributed by atoms with van der Waals surface area (Å²) in [5, 5.41) is 0. The molecule has 0 N–H and O–H groups in total. The lowest BCUT2D eigenvalue weighted by atomic mass is 9.44. The van der Waals surface area contributed by atoms with Crippen LogP contribution in [0, 0.1) is 23.7 Å². The first-order chi connectivity index (χ1) is 27.0. The molecule has 14 rings (SSSR count). The van der Waals surface area contributed by atoms with Crippen LogP contribution >= 0.6 is 0 Å². The number of hydrogen-bond donors (Lipinski definition) is 0. The van der Waals surface area contributed by atoms with Crippen LogP contribution < -0.4 is 4.90 Å². The normalized spacial score (nSPS) is 24.1. The number of anilines is 3. The Morgan fingerprint density at radius 2 is 1.07 bits per heavy atom. The average molecular weight is 708 g/mol. The zero-order valence-electron chi connectivity index (χ0n) is 31.7. The van der Waals surface area contributed by atoms with Crippen LogP contribution in [0.4, 0.5) is 17.1 Å². The number of benzene rings is 7. The molecular weight excluding hydrogens is 663 g/mol. The van der Waals surface area contributed by atoms with Crippen LogP contribution in [0.15, 0.2) is 164 Å². The van der Waals surface area contributed by atoms with Crippen LogP contribution in [0.25, 0.3) is 44.5 Å². The molecule has 5 saturated carbocycles. The Morgan fingerprint density at radius 3 is 1.85 bits per heavy atom. The monoisotopic (exact) mass is 707 g/mol. The zero-order valence-corrected chi connectivity index (χ0v) is 31.7. The predicted octanol–water partition coefficient (Wildman–Crippen LogP) is 14.1. The molecule has 7 aromatic carbocycles. The van der Waals surface area contributed by atoms with Crippen LogP contribution in [0.3, 0.4) is 0 Å². The highest BCUT2D eigenvalue weighted by Gasteiger charge is 2.65. The van der Waals surface area contributed by atoms with Gasteiger partial charge in [-0.2, -0.15) is 0 Å². The SMILES string of the molecule is CC1(C)c2ccccc2-c2ccc(N(c3ccc(-c4ccccc4)cc3)c3ccccc3-c3ccc4c(c3)-c3ccccc3[C@]43CCC4C[C@H]5C4CC53)cc21. The van der Waals surface area contributed by atoms with Gasteiger partial charge < -0.3 is 4.90 Å². The van der Waals surface area contributed by atoms with E-state index in [1.54, 1.807) is 11.1 Å². The molecule has 3 unspecified atom stereocenters. The molecule has 0 saturated heterocycles. The fourth-order valence-electron chi connectivity index (χ4n) is 12.3. The second kappa shape index (κ2) is 11.4. The van der Waals surface area contributed by atoms with Crippen molar-refractivity contribution in [2.75, 3.05) is 4.90 Å². The highest BCUT2D eigenvalue weighted by molar-refractivity contribution is 5.93. The molecule has 1 heteroatoms. The lowest BCUT2D eigenvalue weighted by molar-refractivity contribution is -0.0869. The molecule has 1 spiro atoms. The fourth-order valence-corrected chi connectivity index (χ4v) is 12.3. The summed E-state index contributed by atoms with van der Waals surface area (Å²) in [5.41, 5.74) is 20.2. The van der Waals surface area contributed by atoms with Gasteiger partial charge >= 0.3 is 0 Å². The van der Waals surface area contributed by atoms with Gasteiger partial charge in [-0.25, -0.2) is 0 Å². The Labute approximate surface area is 325 Å². The van der Waals surface area contributed by atoms with Crippen molar-refractivity contribution in [1.82, 2.24) is 0 Å². The van der Waals surface area contributed by atoms with E-state index in [4.69, 9.17) is 0 Å². The number of nitrogens with zero attached hydrogens (tertiary/aromatic N) is 1. The van der Waals surface area contributed by atoms with Gasteiger partial charge in [-0.05, 0) is 147 Å². The maximum absolute atomic E-state index is 2.55. The third-order valence-corrected chi connectivity index (χ3v) is 15.0. The van der Waals surface area contributed by atoms with Crippen molar-refractivity contribution in [3.05, 3.63) is 186 Å². The van der Waals surface area contributed by atoms with Crippen LogP contribution in [0.1, 0.15) is 61.8 Å². The standard InChI is InChI=1S/C54H45N/c1-53(2)47-17-9-6-15-41(47)43-26-25-39(32-50(43)53)55(38-23-20-35(21-24-38)34-12-4-3-5-13-34)52-19-11-8-14-40(52)36-22-27-49-45(30-36)42-16-7-10-18-48(42)54(49)29-28-37-31-46-44(37)33-51(46)54/h3-27,30,32,37,44,46,51H,28-29,31,33H2,1-2H3/t37?,44?,46-,51?,54+/m0/s1. The van der Waals surface area contributed by atoms with E-state index >= 15 is 0 Å². The Hall–Kier alpha value is -5.66. The van der Waals surface area contributed by atoms with Crippen molar-refractivity contribution in [1.29, 1.82) is 0 Å². The zero-order chi connectivity index (χ0) is 36.5. The van der Waals surface area contributed by atoms with Gasteiger partial charge in [0.1, 0.15) is 0 Å². The molecule has 5 fully saturated rings. The van der Waals surface area contributed by atoms with Crippen molar-refractivity contribution >= 4 is 17.1 Å². The van der Waals surface area contributed by atoms with E-state index in [1.807, 2.05) is 0 Å². The summed E-state index contributed by atoms with van der Waals surface area (Å²) in [5.74, 6) is 3.69. The maximum atomic E-state index is 2.55. The van der Waals surface area contributed by atoms with Gasteiger partial charge in [-0.1, -0.05) is 141 Å². The second-order valence-corrected chi connectivity index (χ2v) is 17.6. The minimum atomic E-state index is -0.0907. The van der Waals surface area contributed by atoms with Crippen LogP contribution in [0.2, 0.25) is 0 Å². The summed E-state index contributed by atoms with van der Waals surface area (Å²) in [6, 6.07) is 62.1. The summed E-state index contributed by atoms with van der Waals surface area (Å²) in [6.45, 7) is 4.76. The van der Waals surface area contributed by atoms with Gasteiger partial charge in [-0.15, -0.1) is 0 Å². The van der Waals surface area contributed by atoms with Gasteiger partial charge in [0.25, 0.3) is 0 Å². The van der Waals surface area contributed by atoms with E-state index in [9.17, 15) is 0 Å². The molecule has 0 radical (unpaired) electrons. The quantitative estimate of drug-likeness (QED) is 0.172. The Kier molecular flexibility index (Phi) is 6.58. The molecule has 0 aliphatic heterocycles. The molecule has 7 aliphatic rings. The lowest BCUT2D eigenvalue weighted by Gasteiger charge is -2.60.